The van der Waals surface area contributed by atoms with Gasteiger partial charge in [0.2, 0.25) is 11.9 Å². The first kappa shape index (κ1) is 17.4. The molecule has 2 aromatic heterocycles. The molecule has 5 rings (SSSR count). The highest BCUT2D eigenvalue weighted by atomic mass is 16.5. The topological polar surface area (TPSA) is 107 Å². The number of anilines is 2. The van der Waals surface area contributed by atoms with E-state index in [-0.39, 0.29) is 17.8 Å². The summed E-state index contributed by atoms with van der Waals surface area (Å²) in [4.78, 5) is 20.6. The largest absolute Gasteiger partial charge is 0.494 e. The summed E-state index contributed by atoms with van der Waals surface area (Å²) in [6.07, 6.45) is 0.953. The summed E-state index contributed by atoms with van der Waals surface area (Å²) in [7, 11) is 1.61. The second-order valence-corrected chi connectivity index (χ2v) is 7.29. The predicted molar refractivity (Wildman–Crippen MR) is 110 cm³/mol. The molecule has 2 heterocycles. The average molecular weight is 388 g/mol. The van der Waals surface area contributed by atoms with Crippen LogP contribution in [0.1, 0.15) is 36.6 Å². The molecule has 2 atom stereocenters. The van der Waals surface area contributed by atoms with Crippen molar-refractivity contribution < 1.29 is 9.53 Å². The lowest BCUT2D eigenvalue weighted by Gasteiger charge is -2.06. The number of benzene rings is 2. The molecule has 1 amide bonds. The number of fused-ring (bicyclic) bond motifs is 3. The summed E-state index contributed by atoms with van der Waals surface area (Å²) < 4.78 is 7.00. The third-order valence-electron chi connectivity index (χ3n) is 5.28. The van der Waals surface area contributed by atoms with Gasteiger partial charge in [0.25, 0.3) is 0 Å². The molecule has 29 heavy (non-hydrogen) atoms. The molecule has 2 aromatic carbocycles. The Bertz CT molecular complexity index is 1260. The molecule has 146 valence electrons. The van der Waals surface area contributed by atoms with E-state index in [4.69, 9.17) is 15.5 Å². The monoisotopic (exact) mass is 388 g/mol. The lowest BCUT2D eigenvalue weighted by molar-refractivity contribution is -0.114. The second-order valence-electron chi connectivity index (χ2n) is 7.29. The fraction of sp³-hybridized carbons (Fsp3) is 0.238. The number of nitrogens with one attached hydrogen (secondary N) is 1. The molecule has 1 aliphatic rings. The van der Waals surface area contributed by atoms with Gasteiger partial charge in [-0.15, -0.1) is 5.10 Å². The average Bonchev–Trinajstić information content (AvgIpc) is 3.38. The third kappa shape index (κ3) is 2.93. The van der Waals surface area contributed by atoms with Gasteiger partial charge in [-0.2, -0.15) is 4.52 Å². The molecule has 1 saturated carbocycles. The number of carbonyl (C=O) groups is 1. The first-order valence-electron chi connectivity index (χ1n) is 9.41. The van der Waals surface area contributed by atoms with E-state index in [0.29, 0.717) is 22.8 Å². The van der Waals surface area contributed by atoms with E-state index in [9.17, 15) is 4.79 Å². The first-order chi connectivity index (χ1) is 14.0. The van der Waals surface area contributed by atoms with Gasteiger partial charge >= 0.3 is 0 Å². The highest BCUT2D eigenvalue weighted by Gasteiger charge is 2.42. The minimum Gasteiger partial charge on any atom is -0.494 e. The number of amides is 1. The van der Waals surface area contributed by atoms with Gasteiger partial charge in [0.15, 0.2) is 11.5 Å². The molecule has 0 aliphatic heterocycles. The maximum Gasteiger partial charge on any atom is 0.223 e. The molecule has 1 fully saturated rings. The van der Waals surface area contributed by atoms with Crippen LogP contribution in [0.4, 0.5) is 11.6 Å². The van der Waals surface area contributed by atoms with Crippen LogP contribution in [0.25, 0.3) is 16.6 Å². The third-order valence-corrected chi connectivity index (χ3v) is 5.28. The maximum absolute atomic E-state index is 11.3. The lowest BCUT2D eigenvalue weighted by atomic mass is 10.1. The Morgan fingerprint density at radius 3 is 2.83 bits per heavy atom. The van der Waals surface area contributed by atoms with Crippen LogP contribution >= 0.6 is 0 Å². The fourth-order valence-electron chi connectivity index (χ4n) is 3.86. The quantitative estimate of drug-likeness (QED) is 0.556. The van der Waals surface area contributed by atoms with Gasteiger partial charge < -0.3 is 15.8 Å². The number of carbonyl (C=O) groups excluding carboxylic acids is 1. The SMILES string of the molecule is COc1cccc2c1nc(N)n1nc(C3CC3c3cccc(NC(C)=O)c3)nc21. The summed E-state index contributed by atoms with van der Waals surface area (Å²) in [5.41, 5.74) is 9.47. The van der Waals surface area contributed by atoms with E-state index in [1.165, 1.54) is 6.92 Å². The van der Waals surface area contributed by atoms with Crippen LogP contribution in [0.5, 0.6) is 5.75 Å². The Kier molecular flexibility index (Phi) is 3.87. The molecule has 1 aliphatic carbocycles. The lowest BCUT2D eigenvalue weighted by Crippen LogP contribution is -2.05. The van der Waals surface area contributed by atoms with Crippen molar-refractivity contribution in [3.05, 3.63) is 53.9 Å². The summed E-state index contributed by atoms with van der Waals surface area (Å²) in [5, 5.41) is 8.31. The van der Waals surface area contributed by atoms with Gasteiger partial charge in [0, 0.05) is 23.9 Å². The van der Waals surface area contributed by atoms with Crippen LogP contribution in [-0.4, -0.2) is 32.6 Å². The zero-order chi connectivity index (χ0) is 20.1. The molecule has 4 aromatic rings. The molecule has 3 N–H and O–H groups in total. The number of methoxy groups -OCH3 is 1. The zero-order valence-electron chi connectivity index (χ0n) is 16.1. The Hall–Kier alpha value is -3.68. The van der Waals surface area contributed by atoms with Gasteiger partial charge in [-0.1, -0.05) is 18.2 Å². The van der Waals surface area contributed by atoms with Gasteiger partial charge in [-0.05, 0) is 42.2 Å². The number of hydrogen-bond donors (Lipinski definition) is 2. The van der Waals surface area contributed by atoms with Crippen molar-refractivity contribution in [1.82, 2.24) is 19.6 Å². The van der Waals surface area contributed by atoms with Crippen molar-refractivity contribution in [2.24, 2.45) is 0 Å². The zero-order valence-corrected chi connectivity index (χ0v) is 16.1. The Morgan fingerprint density at radius 1 is 1.21 bits per heavy atom. The van der Waals surface area contributed by atoms with Crippen LogP contribution < -0.4 is 15.8 Å². The molecule has 0 radical (unpaired) electrons. The number of para-hydroxylation sites is 1. The molecule has 0 bridgehead atoms. The number of rotatable bonds is 4. The van der Waals surface area contributed by atoms with Crippen molar-refractivity contribution in [1.29, 1.82) is 0 Å². The first-order valence-corrected chi connectivity index (χ1v) is 9.41. The summed E-state index contributed by atoms with van der Waals surface area (Å²) in [6.45, 7) is 1.50. The van der Waals surface area contributed by atoms with E-state index in [1.807, 2.05) is 36.4 Å². The minimum absolute atomic E-state index is 0.0817. The molecule has 0 spiro atoms. The maximum atomic E-state index is 11.3. The standard InChI is InChI=1S/C21H20N6O2/c1-11(28)23-13-6-3-5-12(9-13)15-10-16(15)19-25-20-14-7-4-8-17(29-2)18(14)24-21(22)27(20)26-19/h3-9,15-16H,10H2,1-2H3,(H2,22,24)(H,23,28). The van der Waals surface area contributed by atoms with E-state index in [2.05, 4.69) is 21.5 Å². The van der Waals surface area contributed by atoms with Gasteiger partial charge in [-0.25, -0.2) is 9.97 Å². The summed E-state index contributed by atoms with van der Waals surface area (Å²) >= 11 is 0. The molecule has 2 unspecified atom stereocenters. The number of hydrogen-bond acceptors (Lipinski definition) is 6. The number of nitrogens with two attached hydrogens (primary N) is 1. The summed E-state index contributed by atoms with van der Waals surface area (Å²) in [5.74, 6) is 2.13. The van der Waals surface area contributed by atoms with Crippen LogP contribution in [0.15, 0.2) is 42.5 Å². The Morgan fingerprint density at radius 2 is 2.03 bits per heavy atom. The van der Waals surface area contributed by atoms with Crippen LogP contribution in [-0.2, 0) is 4.79 Å². The van der Waals surface area contributed by atoms with Crippen molar-refractivity contribution in [3.8, 4) is 5.75 Å². The van der Waals surface area contributed by atoms with E-state index >= 15 is 0 Å². The second kappa shape index (κ2) is 6.44. The normalized spacial score (nSPS) is 18.1. The minimum atomic E-state index is -0.0817. The van der Waals surface area contributed by atoms with Gasteiger partial charge in [-0.3, -0.25) is 4.79 Å². The van der Waals surface area contributed by atoms with Gasteiger partial charge in [0.05, 0.1) is 7.11 Å². The van der Waals surface area contributed by atoms with Crippen LogP contribution in [0.2, 0.25) is 0 Å². The molecule has 8 heteroatoms. The van der Waals surface area contributed by atoms with Crippen molar-refractivity contribution in [2.45, 2.75) is 25.2 Å². The highest BCUT2D eigenvalue weighted by molar-refractivity contribution is 5.95. The molecule has 0 saturated heterocycles. The number of nitrogen functional groups attached to an aromatic ring is 1. The van der Waals surface area contributed by atoms with Crippen LogP contribution in [0.3, 0.4) is 0 Å². The van der Waals surface area contributed by atoms with Crippen molar-refractivity contribution in [3.63, 3.8) is 0 Å². The van der Waals surface area contributed by atoms with Crippen molar-refractivity contribution >= 4 is 34.1 Å². The number of aromatic nitrogens is 4. The fourth-order valence-corrected chi connectivity index (χ4v) is 3.86. The van der Waals surface area contributed by atoms with Crippen molar-refractivity contribution in [2.75, 3.05) is 18.2 Å². The Labute approximate surface area is 166 Å². The predicted octanol–water partition coefficient (Wildman–Crippen LogP) is 3.10. The molecular formula is C21H20N6O2. The van der Waals surface area contributed by atoms with E-state index < -0.39 is 0 Å². The molecule has 8 nitrogen and oxygen atoms in total. The number of nitrogens with zero attached hydrogens (tertiary/aromatic N) is 4. The van der Waals surface area contributed by atoms with E-state index in [1.54, 1.807) is 11.6 Å². The number of ether oxygens (including phenoxy) is 1. The van der Waals surface area contributed by atoms with E-state index in [0.717, 1.165) is 28.9 Å². The highest BCUT2D eigenvalue weighted by Crippen LogP contribution is 2.54. The smallest absolute Gasteiger partial charge is 0.223 e. The van der Waals surface area contributed by atoms with Gasteiger partial charge in [0.1, 0.15) is 11.3 Å². The Balaban J connectivity index is 1.52. The summed E-state index contributed by atoms with van der Waals surface area (Å²) in [6, 6.07) is 13.6. The molecular weight excluding hydrogens is 368 g/mol. The van der Waals surface area contributed by atoms with Crippen LogP contribution in [0, 0.1) is 0 Å².